The molecule has 1 aliphatic heterocycles. The molecule has 4 nitrogen and oxygen atoms in total. The fraction of sp³-hybridized carbons (Fsp3) is 0.200. The van der Waals surface area contributed by atoms with Gasteiger partial charge in [0.1, 0.15) is 5.37 Å². The predicted molar refractivity (Wildman–Crippen MR) is 128 cm³/mol. The third-order valence-corrected chi connectivity index (χ3v) is 7.05. The first-order chi connectivity index (χ1) is 14.9. The fourth-order valence-electron chi connectivity index (χ4n) is 3.57. The van der Waals surface area contributed by atoms with Crippen molar-refractivity contribution in [2.75, 3.05) is 11.1 Å². The van der Waals surface area contributed by atoms with Crippen molar-refractivity contribution >= 4 is 40.9 Å². The molecule has 0 aromatic heterocycles. The molecule has 3 aromatic rings. The van der Waals surface area contributed by atoms with Crippen molar-refractivity contribution in [3.63, 3.8) is 0 Å². The molecule has 1 aliphatic rings. The van der Waals surface area contributed by atoms with Gasteiger partial charge < -0.3 is 10.2 Å². The highest BCUT2D eigenvalue weighted by atomic mass is 35.5. The Morgan fingerprint density at radius 2 is 1.77 bits per heavy atom. The van der Waals surface area contributed by atoms with Crippen molar-refractivity contribution in [1.82, 2.24) is 4.90 Å². The first-order valence-corrected chi connectivity index (χ1v) is 11.5. The van der Waals surface area contributed by atoms with Gasteiger partial charge in [-0.3, -0.25) is 9.59 Å². The van der Waals surface area contributed by atoms with Crippen LogP contribution in [-0.2, 0) is 11.3 Å². The van der Waals surface area contributed by atoms with Gasteiger partial charge in [0.15, 0.2) is 0 Å². The van der Waals surface area contributed by atoms with Gasteiger partial charge in [-0.05, 0) is 66.4 Å². The van der Waals surface area contributed by atoms with E-state index in [1.807, 2.05) is 85.5 Å². The van der Waals surface area contributed by atoms with Gasteiger partial charge in [-0.25, -0.2) is 0 Å². The first-order valence-electron chi connectivity index (χ1n) is 10.1. The molecule has 1 heterocycles. The van der Waals surface area contributed by atoms with E-state index in [0.29, 0.717) is 22.9 Å². The molecule has 4 rings (SSSR count). The minimum absolute atomic E-state index is 0.0701. The molecule has 0 spiro atoms. The van der Waals surface area contributed by atoms with Crippen molar-refractivity contribution in [1.29, 1.82) is 0 Å². The van der Waals surface area contributed by atoms with E-state index in [-0.39, 0.29) is 17.2 Å². The highest BCUT2D eigenvalue weighted by molar-refractivity contribution is 8.00. The monoisotopic (exact) mass is 450 g/mol. The number of amides is 2. The molecule has 1 saturated heterocycles. The highest BCUT2D eigenvalue weighted by Crippen LogP contribution is 2.39. The minimum Gasteiger partial charge on any atom is -0.322 e. The quantitative estimate of drug-likeness (QED) is 0.519. The second-order valence-corrected chi connectivity index (χ2v) is 9.14. The smallest absolute Gasteiger partial charge is 0.255 e. The van der Waals surface area contributed by atoms with Gasteiger partial charge in [0.25, 0.3) is 5.91 Å². The summed E-state index contributed by atoms with van der Waals surface area (Å²) < 4.78 is 0. The van der Waals surface area contributed by atoms with Crippen molar-refractivity contribution in [3.8, 4) is 0 Å². The number of halogens is 1. The lowest BCUT2D eigenvalue weighted by atomic mass is 10.1. The Morgan fingerprint density at radius 1 is 1.06 bits per heavy atom. The fourth-order valence-corrected chi connectivity index (χ4v) is 4.88. The Morgan fingerprint density at radius 3 is 2.48 bits per heavy atom. The molecule has 0 unspecified atom stereocenters. The lowest BCUT2D eigenvalue weighted by Gasteiger charge is -2.24. The normalized spacial score (nSPS) is 15.9. The van der Waals surface area contributed by atoms with Crippen LogP contribution in [0.2, 0.25) is 5.02 Å². The number of thioether (sulfide) groups is 1. The van der Waals surface area contributed by atoms with Gasteiger partial charge in [-0.15, -0.1) is 11.8 Å². The molecule has 1 fully saturated rings. The van der Waals surface area contributed by atoms with Gasteiger partial charge in [-0.1, -0.05) is 48.0 Å². The van der Waals surface area contributed by atoms with Crippen molar-refractivity contribution < 1.29 is 9.59 Å². The number of aryl methyl sites for hydroxylation is 1. The maximum Gasteiger partial charge on any atom is 0.255 e. The van der Waals surface area contributed by atoms with Crippen LogP contribution < -0.4 is 5.32 Å². The molecular formula is C25H23ClN2O2S. The summed E-state index contributed by atoms with van der Waals surface area (Å²) >= 11 is 7.58. The van der Waals surface area contributed by atoms with E-state index in [1.54, 1.807) is 11.8 Å². The topological polar surface area (TPSA) is 49.4 Å². The van der Waals surface area contributed by atoms with Crippen LogP contribution in [-0.4, -0.2) is 22.5 Å². The molecule has 3 aromatic carbocycles. The number of nitrogens with zero attached hydrogens (tertiary/aromatic N) is 1. The molecule has 1 atom stereocenters. The summed E-state index contributed by atoms with van der Waals surface area (Å²) in [6.45, 7) is 4.55. The maximum atomic E-state index is 12.7. The van der Waals surface area contributed by atoms with Crippen LogP contribution in [0.25, 0.3) is 0 Å². The summed E-state index contributed by atoms with van der Waals surface area (Å²) in [7, 11) is 0. The van der Waals surface area contributed by atoms with Gasteiger partial charge in [-0.2, -0.15) is 0 Å². The van der Waals surface area contributed by atoms with Crippen LogP contribution in [0.3, 0.4) is 0 Å². The van der Waals surface area contributed by atoms with E-state index < -0.39 is 0 Å². The van der Waals surface area contributed by atoms with E-state index in [0.717, 1.165) is 27.9 Å². The summed E-state index contributed by atoms with van der Waals surface area (Å²) in [5, 5.41) is 3.60. The highest BCUT2D eigenvalue weighted by Gasteiger charge is 2.32. The summed E-state index contributed by atoms with van der Waals surface area (Å²) in [4.78, 5) is 27.1. The Labute approximate surface area is 191 Å². The van der Waals surface area contributed by atoms with Gasteiger partial charge in [0.2, 0.25) is 5.91 Å². The van der Waals surface area contributed by atoms with Crippen molar-refractivity contribution in [2.24, 2.45) is 0 Å². The third kappa shape index (κ3) is 4.78. The van der Waals surface area contributed by atoms with Crippen LogP contribution in [0.1, 0.15) is 38.0 Å². The molecule has 2 amide bonds. The molecule has 31 heavy (non-hydrogen) atoms. The number of nitrogens with one attached hydrogen (secondary N) is 1. The summed E-state index contributed by atoms with van der Waals surface area (Å²) in [5.41, 5.74) is 5.65. The summed E-state index contributed by atoms with van der Waals surface area (Å²) in [5.74, 6) is 0.419. The zero-order valence-corrected chi connectivity index (χ0v) is 19.0. The largest absolute Gasteiger partial charge is 0.322 e. The SMILES string of the molecule is Cc1cccc(NC(=O)c2ccc([C@@H]3SCC(=O)N3Cc3ccc(Cl)cc3)cc2)c1C. The maximum absolute atomic E-state index is 12.7. The number of hydrogen-bond donors (Lipinski definition) is 1. The number of anilines is 1. The predicted octanol–water partition coefficient (Wildman–Crippen LogP) is 5.98. The van der Waals surface area contributed by atoms with E-state index in [9.17, 15) is 9.59 Å². The Kier molecular flexibility index (Phi) is 6.35. The second kappa shape index (κ2) is 9.16. The van der Waals surface area contributed by atoms with Crippen molar-refractivity contribution in [3.05, 3.63) is 99.6 Å². The molecule has 1 N–H and O–H groups in total. The lowest BCUT2D eigenvalue weighted by molar-refractivity contribution is -0.128. The van der Waals surface area contributed by atoms with Gasteiger partial charge in [0.05, 0.1) is 5.75 Å². The Hall–Kier alpha value is -2.76. The minimum atomic E-state index is -0.145. The molecule has 0 radical (unpaired) electrons. The molecular weight excluding hydrogens is 428 g/mol. The van der Waals surface area contributed by atoms with Crippen LogP contribution in [0.4, 0.5) is 5.69 Å². The third-order valence-electron chi connectivity index (χ3n) is 5.55. The average Bonchev–Trinajstić information content (AvgIpc) is 3.13. The van der Waals surface area contributed by atoms with Gasteiger partial charge >= 0.3 is 0 Å². The average molecular weight is 451 g/mol. The summed E-state index contributed by atoms with van der Waals surface area (Å²) in [6.07, 6.45) is 0. The zero-order valence-electron chi connectivity index (χ0n) is 17.4. The number of carbonyl (C=O) groups is 2. The van der Waals surface area contributed by atoms with E-state index in [1.165, 1.54) is 0 Å². The molecule has 0 aliphatic carbocycles. The second-order valence-electron chi connectivity index (χ2n) is 7.64. The van der Waals surface area contributed by atoms with E-state index in [2.05, 4.69) is 5.32 Å². The van der Waals surface area contributed by atoms with E-state index >= 15 is 0 Å². The van der Waals surface area contributed by atoms with E-state index in [4.69, 9.17) is 11.6 Å². The Balaban J connectivity index is 1.48. The molecule has 158 valence electrons. The Bertz CT molecular complexity index is 1110. The zero-order chi connectivity index (χ0) is 22.0. The summed E-state index contributed by atoms with van der Waals surface area (Å²) in [6, 6.07) is 20.9. The van der Waals surface area contributed by atoms with Crippen LogP contribution in [0, 0.1) is 13.8 Å². The van der Waals surface area contributed by atoms with Crippen LogP contribution >= 0.6 is 23.4 Å². The number of benzene rings is 3. The molecule has 0 bridgehead atoms. The van der Waals surface area contributed by atoms with Crippen LogP contribution in [0.15, 0.2) is 66.7 Å². The first kappa shape index (κ1) is 21.5. The standard InChI is InChI=1S/C25H23ClN2O2S/c1-16-4-3-5-22(17(16)2)27-24(30)19-8-10-20(11-9-19)25-28(23(29)15-31-25)14-18-6-12-21(26)13-7-18/h3-13,25H,14-15H2,1-2H3,(H,27,30)/t25-/m0/s1. The lowest BCUT2D eigenvalue weighted by Crippen LogP contribution is -2.27. The van der Waals surface area contributed by atoms with Gasteiger partial charge in [0, 0.05) is 22.8 Å². The molecule has 0 saturated carbocycles. The molecule has 6 heteroatoms. The number of carbonyl (C=O) groups excluding carboxylic acids is 2. The number of hydrogen-bond acceptors (Lipinski definition) is 3. The van der Waals surface area contributed by atoms with Crippen molar-refractivity contribution in [2.45, 2.75) is 25.8 Å². The van der Waals surface area contributed by atoms with Crippen LogP contribution in [0.5, 0.6) is 0 Å². The number of rotatable bonds is 5.